The lowest BCUT2D eigenvalue weighted by Crippen LogP contribution is -2.06. The first-order valence-electron chi connectivity index (χ1n) is 9.40. The van der Waals surface area contributed by atoms with Gasteiger partial charge < -0.3 is 20.1 Å². The lowest BCUT2D eigenvalue weighted by Gasteiger charge is -2.15. The summed E-state index contributed by atoms with van der Waals surface area (Å²) in [5.74, 6) is 0.328. The van der Waals surface area contributed by atoms with Gasteiger partial charge in [-0.15, -0.1) is 0 Å². The summed E-state index contributed by atoms with van der Waals surface area (Å²) in [6.45, 7) is 2.08. The average Bonchev–Trinajstić information content (AvgIpc) is 2.73. The number of hydrogen-bond acceptors (Lipinski definition) is 4. The average molecular weight is 463 g/mol. The molecule has 1 amide bonds. The van der Waals surface area contributed by atoms with Gasteiger partial charge in [0.1, 0.15) is 12.4 Å². The van der Waals surface area contributed by atoms with Crippen molar-refractivity contribution in [1.82, 2.24) is 0 Å². The Bertz CT molecular complexity index is 1080. The molecule has 0 saturated carbocycles. The van der Waals surface area contributed by atoms with Crippen molar-refractivity contribution in [2.45, 2.75) is 20.1 Å². The molecule has 0 aliphatic heterocycles. The summed E-state index contributed by atoms with van der Waals surface area (Å²) in [4.78, 5) is 11.1. The Morgan fingerprint density at radius 1 is 1.00 bits per heavy atom. The number of rotatable bonds is 8. The highest BCUT2D eigenvalue weighted by Gasteiger charge is 2.13. The first-order valence-corrected chi connectivity index (χ1v) is 10.2. The van der Waals surface area contributed by atoms with E-state index in [9.17, 15) is 9.18 Å². The Morgan fingerprint density at radius 2 is 1.71 bits per heavy atom. The van der Waals surface area contributed by atoms with Crippen molar-refractivity contribution in [3.63, 3.8) is 0 Å². The van der Waals surface area contributed by atoms with Gasteiger partial charge in [-0.05, 0) is 54.1 Å². The van der Waals surface area contributed by atoms with E-state index in [4.69, 9.17) is 32.7 Å². The van der Waals surface area contributed by atoms with E-state index in [0.29, 0.717) is 28.6 Å². The molecule has 3 aromatic carbocycles. The first-order chi connectivity index (χ1) is 14.9. The molecule has 0 heterocycles. The third-order valence-corrected chi connectivity index (χ3v) is 5.01. The van der Waals surface area contributed by atoms with Crippen LogP contribution in [0.25, 0.3) is 0 Å². The summed E-state index contributed by atoms with van der Waals surface area (Å²) in [7, 11) is 1.53. The van der Waals surface area contributed by atoms with Gasteiger partial charge in [-0.3, -0.25) is 4.79 Å². The van der Waals surface area contributed by atoms with Gasteiger partial charge in [-0.25, -0.2) is 4.39 Å². The van der Waals surface area contributed by atoms with Crippen molar-refractivity contribution in [2.75, 3.05) is 17.7 Å². The van der Waals surface area contributed by atoms with Crippen LogP contribution in [0.1, 0.15) is 18.1 Å². The number of benzene rings is 3. The zero-order valence-corrected chi connectivity index (χ0v) is 18.5. The van der Waals surface area contributed by atoms with Crippen molar-refractivity contribution in [3.8, 4) is 11.5 Å². The van der Waals surface area contributed by atoms with Crippen LogP contribution in [-0.2, 0) is 17.9 Å². The fourth-order valence-corrected chi connectivity index (χ4v) is 3.39. The number of hydrogen-bond donors (Lipinski definition) is 2. The Labute approximate surface area is 190 Å². The lowest BCUT2D eigenvalue weighted by molar-refractivity contribution is -0.114. The van der Waals surface area contributed by atoms with E-state index < -0.39 is 5.82 Å². The molecule has 0 atom stereocenters. The molecule has 0 saturated heterocycles. The summed E-state index contributed by atoms with van der Waals surface area (Å²) in [5.41, 5.74) is 3.13. The van der Waals surface area contributed by atoms with Crippen molar-refractivity contribution < 1.29 is 18.7 Å². The van der Waals surface area contributed by atoms with Crippen LogP contribution in [0.3, 0.4) is 0 Å². The minimum Gasteiger partial charge on any atom is -0.493 e. The molecule has 162 valence electrons. The summed E-state index contributed by atoms with van der Waals surface area (Å²) in [6.07, 6.45) is 0. The molecule has 0 aliphatic rings. The van der Waals surface area contributed by atoms with Gasteiger partial charge in [-0.1, -0.05) is 29.3 Å². The molecule has 0 spiro atoms. The second kappa shape index (κ2) is 10.4. The Balaban J connectivity index is 1.67. The van der Waals surface area contributed by atoms with Gasteiger partial charge in [0, 0.05) is 30.4 Å². The van der Waals surface area contributed by atoms with Gasteiger partial charge in [0.2, 0.25) is 5.91 Å². The number of carbonyl (C=O) groups excluding carboxylic acids is 1. The molecular formula is C23H21Cl2FN2O3. The molecule has 0 aromatic heterocycles. The highest BCUT2D eigenvalue weighted by Crippen LogP contribution is 2.37. The Kier molecular flexibility index (Phi) is 7.60. The van der Waals surface area contributed by atoms with Crippen LogP contribution in [0.2, 0.25) is 10.0 Å². The first kappa shape index (κ1) is 22.7. The third kappa shape index (κ3) is 6.26. The van der Waals surface area contributed by atoms with Gasteiger partial charge in [-0.2, -0.15) is 0 Å². The SMILES string of the molecule is COc1cc(CNc2ccc(NC(C)=O)cc2)cc(Cl)c1OCc1ccc(F)cc1Cl. The van der Waals surface area contributed by atoms with Crippen LogP contribution in [0.15, 0.2) is 54.6 Å². The number of anilines is 2. The molecule has 3 rings (SSSR count). The van der Waals surface area contributed by atoms with Crippen LogP contribution < -0.4 is 20.1 Å². The van der Waals surface area contributed by atoms with Crippen molar-refractivity contribution in [2.24, 2.45) is 0 Å². The van der Waals surface area contributed by atoms with E-state index in [1.807, 2.05) is 30.3 Å². The van der Waals surface area contributed by atoms with E-state index >= 15 is 0 Å². The maximum absolute atomic E-state index is 13.2. The van der Waals surface area contributed by atoms with Crippen LogP contribution in [0.4, 0.5) is 15.8 Å². The quantitative estimate of drug-likeness (QED) is 0.412. The predicted octanol–water partition coefficient (Wildman–Crippen LogP) is 6.29. The van der Waals surface area contributed by atoms with E-state index in [1.54, 1.807) is 12.1 Å². The van der Waals surface area contributed by atoms with Crippen LogP contribution in [0.5, 0.6) is 11.5 Å². The van der Waals surface area contributed by atoms with E-state index in [-0.39, 0.29) is 17.5 Å². The van der Waals surface area contributed by atoms with Crippen molar-refractivity contribution in [1.29, 1.82) is 0 Å². The molecule has 0 unspecified atom stereocenters. The highest BCUT2D eigenvalue weighted by atomic mass is 35.5. The number of nitrogens with one attached hydrogen (secondary N) is 2. The molecule has 0 radical (unpaired) electrons. The Hall–Kier alpha value is -2.96. The van der Waals surface area contributed by atoms with Crippen LogP contribution in [0, 0.1) is 5.82 Å². The predicted molar refractivity (Wildman–Crippen MR) is 122 cm³/mol. The van der Waals surface area contributed by atoms with Crippen LogP contribution in [-0.4, -0.2) is 13.0 Å². The zero-order chi connectivity index (χ0) is 22.4. The second-order valence-corrected chi connectivity index (χ2v) is 7.56. The van der Waals surface area contributed by atoms with Gasteiger partial charge in [0.15, 0.2) is 11.5 Å². The number of amides is 1. The molecule has 0 bridgehead atoms. The van der Waals surface area contributed by atoms with E-state index in [0.717, 1.165) is 16.9 Å². The fraction of sp³-hybridized carbons (Fsp3) is 0.174. The maximum Gasteiger partial charge on any atom is 0.221 e. The van der Waals surface area contributed by atoms with Crippen LogP contribution >= 0.6 is 23.2 Å². The minimum absolute atomic E-state index is 0.118. The summed E-state index contributed by atoms with van der Waals surface area (Å²) < 4.78 is 24.5. The van der Waals surface area contributed by atoms with Crippen molar-refractivity contribution >= 4 is 40.5 Å². The van der Waals surface area contributed by atoms with Gasteiger partial charge in [0.05, 0.1) is 17.2 Å². The van der Waals surface area contributed by atoms with Gasteiger partial charge in [0.25, 0.3) is 0 Å². The normalized spacial score (nSPS) is 10.5. The number of halogens is 3. The molecule has 0 aliphatic carbocycles. The summed E-state index contributed by atoms with van der Waals surface area (Å²) in [6, 6.07) is 15.1. The molecular weight excluding hydrogens is 442 g/mol. The summed E-state index contributed by atoms with van der Waals surface area (Å²) in [5, 5.41) is 6.68. The van der Waals surface area contributed by atoms with E-state index in [1.165, 1.54) is 26.2 Å². The standard InChI is InChI=1S/C23H21Cl2FN2O3/c1-14(29)28-19-7-5-18(6-8-19)27-12-15-9-21(25)23(22(10-15)30-2)31-13-16-3-4-17(26)11-20(16)24/h3-11,27H,12-13H2,1-2H3,(H,28,29). The highest BCUT2D eigenvalue weighted by molar-refractivity contribution is 6.32. The molecule has 5 nitrogen and oxygen atoms in total. The molecule has 0 fully saturated rings. The smallest absolute Gasteiger partial charge is 0.221 e. The molecule has 2 N–H and O–H groups in total. The molecule has 31 heavy (non-hydrogen) atoms. The number of methoxy groups -OCH3 is 1. The number of carbonyl (C=O) groups is 1. The Morgan fingerprint density at radius 3 is 2.35 bits per heavy atom. The fourth-order valence-electron chi connectivity index (χ4n) is 2.88. The zero-order valence-electron chi connectivity index (χ0n) is 17.0. The molecule has 8 heteroatoms. The van der Waals surface area contributed by atoms with Crippen molar-refractivity contribution in [3.05, 3.63) is 81.6 Å². The lowest BCUT2D eigenvalue weighted by atomic mass is 10.2. The monoisotopic (exact) mass is 462 g/mol. The second-order valence-electron chi connectivity index (χ2n) is 6.75. The summed E-state index contributed by atoms with van der Waals surface area (Å²) >= 11 is 12.5. The maximum atomic E-state index is 13.2. The van der Waals surface area contributed by atoms with Gasteiger partial charge >= 0.3 is 0 Å². The third-order valence-electron chi connectivity index (χ3n) is 4.38. The molecule has 3 aromatic rings. The number of ether oxygens (including phenoxy) is 2. The van der Waals surface area contributed by atoms with E-state index in [2.05, 4.69) is 10.6 Å². The largest absolute Gasteiger partial charge is 0.493 e. The topological polar surface area (TPSA) is 59.6 Å². The minimum atomic E-state index is -0.411.